The van der Waals surface area contributed by atoms with Crippen LogP contribution < -0.4 is 0 Å². The maximum absolute atomic E-state index is 13.6. The zero-order valence-electron chi connectivity index (χ0n) is 7.83. The first kappa shape index (κ1) is 9.15. The fourth-order valence-electron chi connectivity index (χ4n) is 2.03. The van der Waals surface area contributed by atoms with Gasteiger partial charge in [-0.1, -0.05) is 0 Å². The van der Waals surface area contributed by atoms with Crippen LogP contribution in [0.5, 0.6) is 0 Å². The highest BCUT2D eigenvalue weighted by atomic mass is 79.9. The van der Waals surface area contributed by atoms with E-state index in [0.717, 1.165) is 24.2 Å². The van der Waals surface area contributed by atoms with Gasteiger partial charge in [0.15, 0.2) is 0 Å². The predicted octanol–water partition coefficient (Wildman–Crippen LogP) is 2.44. The molecule has 3 aliphatic heterocycles. The molecule has 0 aromatic heterocycles. The first-order valence-corrected chi connectivity index (χ1v) is 5.47. The normalized spacial score (nSPS) is 23.9. The van der Waals surface area contributed by atoms with Gasteiger partial charge in [-0.2, -0.15) is 4.39 Å². The average Bonchev–Trinajstić information content (AvgIpc) is 2.53. The molecule has 0 amide bonds. The number of nitrogens with zero attached hydrogens (tertiary/aromatic N) is 2. The summed E-state index contributed by atoms with van der Waals surface area (Å²) < 4.78 is 19.6. The lowest BCUT2D eigenvalue weighted by atomic mass is 10.1. The SMILES string of the molecule is FC1=C2C(Br)=COCC3=C2N(C=N1)CC3. The van der Waals surface area contributed by atoms with E-state index in [1.165, 1.54) is 6.26 Å². The Labute approximate surface area is 94.7 Å². The monoisotopic (exact) mass is 270 g/mol. The number of aliphatic imine (C=N–C) groups is 1. The van der Waals surface area contributed by atoms with E-state index in [0.29, 0.717) is 16.7 Å². The number of allylic oxidation sites excluding steroid dienone is 1. The minimum absolute atomic E-state index is 0.450. The Kier molecular flexibility index (Phi) is 1.95. The van der Waals surface area contributed by atoms with Gasteiger partial charge < -0.3 is 9.64 Å². The van der Waals surface area contributed by atoms with Gasteiger partial charge in [0.2, 0.25) is 5.95 Å². The molecule has 78 valence electrons. The molecule has 3 rings (SSSR count). The van der Waals surface area contributed by atoms with E-state index in [1.54, 1.807) is 6.34 Å². The molecule has 0 aliphatic carbocycles. The molecule has 0 atom stereocenters. The number of ether oxygens (including phenoxy) is 1. The quantitative estimate of drug-likeness (QED) is 0.632. The molecule has 3 heterocycles. The molecule has 0 saturated carbocycles. The van der Waals surface area contributed by atoms with Crippen molar-refractivity contribution in [2.45, 2.75) is 6.42 Å². The summed E-state index contributed by atoms with van der Waals surface area (Å²) in [5.41, 5.74) is 2.57. The first-order valence-electron chi connectivity index (χ1n) is 4.68. The predicted molar refractivity (Wildman–Crippen MR) is 57.9 cm³/mol. The van der Waals surface area contributed by atoms with Crippen molar-refractivity contribution in [3.63, 3.8) is 0 Å². The second kappa shape index (κ2) is 3.20. The second-order valence-electron chi connectivity index (χ2n) is 3.58. The van der Waals surface area contributed by atoms with Crippen LogP contribution in [0.15, 0.2) is 38.5 Å². The Balaban J connectivity index is 2.23. The van der Waals surface area contributed by atoms with Gasteiger partial charge in [-0.3, -0.25) is 0 Å². The third-order valence-electron chi connectivity index (χ3n) is 2.71. The zero-order chi connectivity index (χ0) is 10.4. The highest BCUT2D eigenvalue weighted by Crippen LogP contribution is 2.40. The lowest BCUT2D eigenvalue weighted by Gasteiger charge is -2.22. The van der Waals surface area contributed by atoms with E-state index in [4.69, 9.17) is 4.74 Å². The minimum atomic E-state index is -0.450. The van der Waals surface area contributed by atoms with Crippen molar-refractivity contribution in [1.82, 2.24) is 4.90 Å². The highest BCUT2D eigenvalue weighted by molar-refractivity contribution is 9.12. The van der Waals surface area contributed by atoms with E-state index in [9.17, 15) is 4.39 Å². The summed E-state index contributed by atoms with van der Waals surface area (Å²) in [6, 6.07) is 0. The summed E-state index contributed by atoms with van der Waals surface area (Å²) in [5.74, 6) is -0.450. The molecule has 0 aromatic rings. The van der Waals surface area contributed by atoms with E-state index in [-0.39, 0.29) is 0 Å². The van der Waals surface area contributed by atoms with Crippen LogP contribution in [0.3, 0.4) is 0 Å². The molecule has 3 nitrogen and oxygen atoms in total. The van der Waals surface area contributed by atoms with Gasteiger partial charge >= 0.3 is 0 Å². The Morgan fingerprint density at radius 2 is 2.40 bits per heavy atom. The fraction of sp³-hybridized carbons (Fsp3) is 0.300. The first-order chi connectivity index (χ1) is 7.27. The van der Waals surface area contributed by atoms with Gasteiger partial charge in [0.25, 0.3) is 0 Å². The minimum Gasteiger partial charge on any atom is -0.496 e. The summed E-state index contributed by atoms with van der Waals surface area (Å²) in [7, 11) is 0. The molecule has 3 aliphatic rings. The third-order valence-corrected chi connectivity index (χ3v) is 3.30. The summed E-state index contributed by atoms with van der Waals surface area (Å²) in [6.45, 7) is 1.39. The van der Waals surface area contributed by atoms with Crippen molar-refractivity contribution >= 4 is 22.3 Å². The topological polar surface area (TPSA) is 24.8 Å². The number of halogens is 2. The van der Waals surface area contributed by atoms with E-state index in [2.05, 4.69) is 20.9 Å². The molecule has 0 N–H and O–H groups in total. The van der Waals surface area contributed by atoms with Crippen LogP contribution in [-0.4, -0.2) is 24.4 Å². The molecule has 0 aromatic carbocycles. The van der Waals surface area contributed by atoms with Crippen LogP contribution in [0.2, 0.25) is 0 Å². The molecule has 0 bridgehead atoms. The number of rotatable bonds is 0. The Morgan fingerprint density at radius 1 is 1.53 bits per heavy atom. The smallest absolute Gasteiger partial charge is 0.224 e. The van der Waals surface area contributed by atoms with Gasteiger partial charge in [0, 0.05) is 6.54 Å². The molecule has 0 unspecified atom stereocenters. The van der Waals surface area contributed by atoms with Crippen LogP contribution >= 0.6 is 15.9 Å². The maximum atomic E-state index is 13.6. The Morgan fingerprint density at radius 3 is 3.27 bits per heavy atom. The van der Waals surface area contributed by atoms with Crippen LogP contribution in [0.1, 0.15) is 6.42 Å². The van der Waals surface area contributed by atoms with Gasteiger partial charge in [0.05, 0.1) is 28.4 Å². The second-order valence-corrected chi connectivity index (χ2v) is 4.44. The van der Waals surface area contributed by atoms with Crippen molar-refractivity contribution in [3.05, 3.63) is 33.5 Å². The van der Waals surface area contributed by atoms with E-state index >= 15 is 0 Å². The lowest BCUT2D eigenvalue weighted by Crippen LogP contribution is -2.22. The number of hydrogen-bond acceptors (Lipinski definition) is 3. The molecular formula is C10H8BrFN2O. The van der Waals surface area contributed by atoms with Crippen LogP contribution in [0, 0.1) is 0 Å². The van der Waals surface area contributed by atoms with Gasteiger partial charge in [0.1, 0.15) is 6.61 Å². The largest absolute Gasteiger partial charge is 0.496 e. The summed E-state index contributed by atoms with van der Waals surface area (Å²) in [4.78, 5) is 5.71. The van der Waals surface area contributed by atoms with Crippen molar-refractivity contribution in [2.75, 3.05) is 13.2 Å². The van der Waals surface area contributed by atoms with E-state index in [1.807, 2.05) is 4.90 Å². The molecular weight excluding hydrogens is 263 g/mol. The van der Waals surface area contributed by atoms with Gasteiger partial charge in [-0.05, 0) is 27.9 Å². The fourth-order valence-corrected chi connectivity index (χ4v) is 2.52. The van der Waals surface area contributed by atoms with Crippen molar-refractivity contribution in [3.8, 4) is 0 Å². The van der Waals surface area contributed by atoms with Gasteiger partial charge in [-0.25, -0.2) is 4.99 Å². The Bertz CT molecular complexity index is 450. The van der Waals surface area contributed by atoms with Crippen molar-refractivity contribution < 1.29 is 9.13 Å². The van der Waals surface area contributed by atoms with Crippen molar-refractivity contribution in [2.24, 2.45) is 4.99 Å². The summed E-state index contributed by atoms with van der Waals surface area (Å²) >= 11 is 3.31. The molecule has 0 radical (unpaired) electrons. The van der Waals surface area contributed by atoms with Crippen molar-refractivity contribution in [1.29, 1.82) is 0 Å². The van der Waals surface area contributed by atoms with Crippen LogP contribution in [0.4, 0.5) is 4.39 Å². The molecule has 0 saturated heterocycles. The molecule has 0 fully saturated rings. The number of hydrogen-bond donors (Lipinski definition) is 0. The standard InChI is InChI=1S/C10H8BrFN2O/c11-7-4-15-3-6-1-2-14-5-13-10(12)8(7)9(6)14/h4-5H,1-3H2. The highest BCUT2D eigenvalue weighted by Gasteiger charge is 2.32. The summed E-state index contributed by atoms with van der Waals surface area (Å²) in [5, 5.41) is 0. The lowest BCUT2D eigenvalue weighted by molar-refractivity contribution is 0.279. The zero-order valence-corrected chi connectivity index (χ0v) is 9.42. The van der Waals surface area contributed by atoms with Crippen LogP contribution in [-0.2, 0) is 4.74 Å². The molecule has 0 spiro atoms. The maximum Gasteiger partial charge on any atom is 0.224 e. The molecule has 5 heteroatoms. The summed E-state index contributed by atoms with van der Waals surface area (Å²) in [6.07, 6.45) is 3.99. The van der Waals surface area contributed by atoms with Gasteiger partial charge in [-0.15, -0.1) is 0 Å². The Hall–Kier alpha value is -1.10. The average molecular weight is 271 g/mol. The molecule has 15 heavy (non-hydrogen) atoms. The third kappa shape index (κ3) is 1.26. The van der Waals surface area contributed by atoms with Crippen LogP contribution in [0.25, 0.3) is 0 Å². The van der Waals surface area contributed by atoms with E-state index < -0.39 is 5.95 Å².